The highest BCUT2D eigenvalue weighted by atomic mass is 32.2. The second-order valence-corrected chi connectivity index (χ2v) is 6.15. The van der Waals surface area contributed by atoms with E-state index in [1.165, 1.54) is 0 Å². The topological polar surface area (TPSA) is 54.9 Å². The van der Waals surface area contributed by atoms with Gasteiger partial charge >= 0.3 is 0 Å². The number of rotatable bonds is 6. The SMILES string of the molecule is O=C(CCSCc1ccccn1)Nc1cccc2ncccc12. The first-order valence-electron chi connectivity index (χ1n) is 7.44. The molecule has 0 aliphatic rings. The van der Waals surface area contributed by atoms with Gasteiger partial charge in [-0.1, -0.05) is 12.1 Å². The first kappa shape index (κ1) is 15.5. The maximum absolute atomic E-state index is 12.1. The molecule has 1 aromatic carbocycles. The van der Waals surface area contributed by atoms with E-state index in [1.807, 2.05) is 48.5 Å². The number of hydrogen-bond donors (Lipinski definition) is 1. The highest BCUT2D eigenvalue weighted by molar-refractivity contribution is 7.98. The molecule has 2 heterocycles. The van der Waals surface area contributed by atoms with E-state index < -0.39 is 0 Å². The molecule has 2 aromatic heterocycles. The molecule has 0 fully saturated rings. The first-order chi connectivity index (χ1) is 11.3. The van der Waals surface area contributed by atoms with Gasteiger partial charge in [0.05, 0.1) is 16.9 Å². The zero-order valence-corrected chi connectivity index (χ0v) is 13.4. The monoisotopic (exact) mass is 323 g/mol. The van der Waals surface area contributed by atoms with Gasteiger partial charge in [0.15, 0.2) is 0 Å². The zero-order chi connectivity index (χ0) is 15.9. The van der Waals surface area contributed by atoms with Crippen LogP contribution in [0, 0.1) is 0 Å². The number of anilines is 1. The number of aromatic nitrogens is 2. The Morgan fingerprint density at radius 1 is 1.00 bits per heavy atom. The van der Waals surface area contributed by atoms with Crippen LogP contribution in [-0.4, -0.2) is 21.6 Å². The van der Waals surface area contributed by atoms with Crippen molar-refractivity contribution in [1.82, 2.24) is 9.97 Å². The maximum atomic E-state index is 12.1. The van der Waals surface area contributed by atoms with E-state index in [2.05, 4.69) is 15.3 Å². The highest BCUT2D eigenvalue weighted by Crippen LogP contribution is 2.21. The predicted molar refractivity (Wildman–Crippen MR) is 95.4 cm³/mol. The summed E-state index contributed by atoms with van der Waals surface area (Å²) >= 11 is 1.71. The van der Waals surface area contributed by atoms with Crippen molar-refractivity contribution < 1.29 is 4.79 Å². The molecule has 3 aromatic rings. The third-order valence-electron chi connectivity index (χ3n) is 3.37. The molecule has 3 rings (SSSR count). The normalized spacial score (nSPS) is 10.6. The number of pyridine rings is 2. The fourth-order valence-electron chi connectivity index (χ4n) is 2.25. The van der Waals surface area contributed by atoms with Gasteiger partial charge in [-0.2, -0.15) is 11.8 Å². The van der Waals surface area contributed by atoms with Crippen LogP contribution in [0.1, 0.15) is 12.1 Å². The van der Waals surface area contributed by atoms with Gasteiger partial charge in [0.2, 0.25) is 5.91 Å². The standard InChI is InChI=1S/C18H17N3OS/c22-18(9-12-23-13-14-5-1-2-10-19-14)21-17-8-3-7-16-15(17)6-4-11-20-16/h1-8,10-11H,9,12-13H2,(H,21,22). The number of fused-ring (bicyclic) bond motifs is 1. The van der Waals surface area contributed by atoms with Crippen LogP contribution in [0.5, 0.6) is 0 Å². The molecule has 0 saturated heterocycles. The quantitative estimate of drug-likeness (QED) is 0.699. The molecule has 5 heteroatoms. The molecular formula is C18H17N3OS. The molecule has 0 unspecified atom stereocenters. The van der Waals surface area contributed by atoms with Crippen LogP contribution in [-0.2, 0) is 10.5 Å². The van der Waals surface area contributed by atoms with Gasteiger partial charge in [-0.3, -0.25) is 14.8 Å². The Morgan fingerprint density at radius 3 is 2.78 bits per heavy atom. The van der Waals surface area contributed by atoms with Crippen molar-refractivity contribution in [3.05, 3.63) is 66.6 Å². The number of nitrogens with zero attached hydrogens (tertiary/aromatic N) is 2. The Balaban J connectivity index is 1.51. The summed E-state index contributed by atoms with van der Waals surface area (Å²) in [6, 6.07) is 15.5. The van der Waals surface area contributed by atoms with E-state index in [4.69, 9.17) is 0 Å². The van der Waals surface area contributed by atoms with Crippen molar-refractivity contribution in [1.29, 1.82) is 0 Å². The minimum absolute atomic E-state index is 0.0230. The van der Waals surface area contributed by atoms with Crippen molar-refractivity contribution in [3.8, 4) is 0 Å². The molecule has 23 heavy (non-hydrogen) atoms. The molecular weight excluding hydrogens is 306 g/mol. The van der Waals surface area contributed by atoms with Gasteiger partial charge in [-0.25, -0.2) is 0 Å². The van der Waals surface area contributed by atoms with Crippen molar-refractivity contribution in [2.45, 2.75) is 12.2 Å². The third kappa shape index (κ3) is 4.29. The van der Waals surface area contributed by atoms with Crippen molar-refractivity contribution >= 4 is 34.3 Å². The number of benzene rings is 1. The Labute approximate surface area is 139 Å². The van der Waals surface area contributed by atoms with E-state index in [0.29, 0.717) is 6.42 Å². The molecule has 0 radical (unpaired) electrons. The fraction of sp³-hybridized carbons (Fsp3) is 0.167. The average Bonchev–Trinajstić information content (AvgIpc) is 2.60. The number of carbonyl (C=O) groups excluding carboxylic acids is 1. The van der Waals surface area contributed by atoms with Gasteiger partial charge in [0.1, 0.15) is 0 Å². The van der Waals surface area contributed by atoms with Crippen LogP contribution in [0.4, 0.5) is 5.69 Å². The number of thioether (sulfide) groups is 1. The molecule has 0 spiro atoms. The smallest absolute Gasteiger partial charge is 0.225 e. The summed E-state index contributed by atoms with van der Waals surface area (Å²) < 4.78 is 0. The van der Waals surface area contributed by atoms with E-state index in [1.54, 1.807) is 24.2 Å². The molecule has 0 atom stereocenters. The Hall–Kier alpha value is -2.40. The summed E-state index contributed by atoms with van der Waals surface area (Å²) in [6.07, 6.45) is 4.02. The summed E-state index contributed by atoms with van der Waals surface area (Å²) in [4.78, 5) is 20.7. The van der Waals surface area contributed by atoms with E-state index in [0.717, 1.165) is 33.8 Å². The lowest BCUT2D eigenvalue weighted by molar-refractivity contribution is -0.115. The number of nitrogens with one attached hydrogen (secondary N) is 1. The molecule has 0 aliphatic carbocycles. The maximum Gasteiger partial charge on any atom is 0.225 e. The van der Waals surface area contributed by atoms with Crippen LogP contribution < -0.4 is 5.32 Å². The van der Waals surface area contributed by atoms with Crippen LogP contribution >= 0.6 is 11.8 Å². The van der Waals surface area contributed by atoms with Crippen LogP contribution in [0.3, 0.4) is 0 Å². The Bertz CT molecular complexity index is 787. The third-order valence-corrected chi connectivity index (χ3v) is 4.36. The van der Waals surface area contributed by atoms with Crippen LogP contribution in [0.2, 0.25) is 0 Å². The van der Waals surface area contributed by atoms with Crippen LogP contribution in [0.25, 0.3) is 10.9 Å². The number of hydrogen-bond acceptors (Lipinski definition) is 4. The van der Waals surface area contributed by atoms with E-state index in [9.17, 15) is 4.79 Å². The fourth-order valence-corrected chi connectivity index (χ4v) is 3.10. The van der Waals surface area contributed by atoms with Crippen molar-refractivity contribution in [2.24, 2.45) is 0 Å². The van der Waals surface area contributed by atoms with Crippen LogP contribution in [0.15, 0.2) is 60.9 Å². The highest BCUT2D eigenvalue weighted by Gasteiger charge is 2.06. The lowest BCUT2D eigenvalue weighted by Crippen LogP contribution is -2.12. The summed E-state index contributed by atoms with van der Waals surface area (Å²) in [7, 11) is 0. The van der Waals surface area contributed by atoms with E-state index in [-0.39, 0.29) is 5.91 Å². The lowest BCUT2D eigenvalue weighted by Gasteiger charge is -2.08. The van der Waals surface area contributed by atoms with Crippen molar-refractivity contribution in [3.63, 3.8) is 0 Å². The Morgan fingerprint density at radius 2 is 1.91 bits per heavy atom. The molecule has 0 aliphatic heterocycles. The molecule has 0 saturated carbocycles. The first-order valence-corrected chi connectivity index (χ1v) is 8.59. The second kappa shape index (κ2) is 7.74. The molecule has 1 amide bonds. The largest absolute Gasteiger partial charge is 0.325 e. The predicted octanol–water partition coefficient (Wildman–Crippen LogP) is 3.89. The minimum atomic E-state index is 0.0230. The van der Waals surface area contributed by atoms with Gasteiger partial charge < -0.3 is 5.32 Å². The molecule has 4 nitrogen and oxygen atoms in total. The molecule has 116 valence electrons. The summed E-state index contributed by atoms with van der Waals surface area (Å²) in [6.45, 7) is 0. The zero-order valence-electron chi connectivity index (χ0n) is 12.6. The van der Waals surface area contributed by atoms with Gasteiger partial charge in [-0.15, -0.1) is 0 Å². The van der Waals surface area contributed by atoms with Crippen molar-refractivity contribution in [2.75, 3.05) is 11.1 Å². The second-order valence-electron chi connectivity index (χ2n) is 5.05. The lowest BCUT2D eigenvalue weighted by atomic mass is 10.2. The van der Waals surface area contributed by atoms with Gasteiger partial charge in [0.25, 0.3) is 0 Å². The summed E-state index contributed by atoms with van der Waals surface area (Å²) in [5.41, 5.74) is 2.74. The van der Waals surface area contributed by atoms with Gasteiger partial charge in [0, 0.05) is 35.7 Å². The number of carbonyl (C=O) groups is 1. The summed E-state index contributed by atoms with van der Waals surface area (Å²) in [5.74, 6) is 1.62. The number of amides is 1. The van der Waals surface area contributed by atoms with E-state index >= 15 is 0 Å². The Kier molecular flexibility index (Phi) is 5.21. The average molecular weight is 323 g/mol. The molecule has 1 N–H and O–H groups in total. The van der Waals surface area contributed by atoms with Gasteiger partial charge in [-0.05, 0) is 36.4 Å². The summed E-state index contributed by atoms with van der Waals surface area (Å²) in [5, 5.41) is 3.94. The minimum Gasteiger partial charge on any atom is -0.325 e. The molecule has 0 bridgehead atoms.